The fraction of sp³-hybridized carbons (Fsp3) is 0.727. The van der Waals surface area contributed by atoms with Crippen molar-refractivity contribution in [2.45, 2.75) is 20.3 Å². The summed E-state index contributed by atoms with van der Waals surface area (Å²) in [5.41, 5.74) is 0. The number of piperazine rings is 1. The molecule has 0 spiro atoms. The minimum Gasteiger partial charge on any atom is -0.339 e. The lowest BCUT2D eigenvalue weighted by Crippen LogP contribution is -2.51. The van der Waals surface area contributed by atoms with Crippen molar-refractivity contribution in [1.29, 1.82) is 0 Å². The van der Waals surface area contributed by atoms with Gasteiger partial charge in [-0.2, -0.15) is 5.21 Å². The van der Waals surface area contributed by atoms with E-state index in [1.54, 1.807) is 9.80 Å². The number of H-pyrrole nitrogens is 1. The molecule has 0 atom stereocenters. The minimum absolute atomic E-state index is 0.0713. The van der Waals surface area contributed by atoms with Gasteiger partial charge in [-0.15, -0.1) is 10.2 Å². The van der Waals surface area contributed by atoms with Crippen molar-refractivity contribution in [1.82, 2.24) is 30.4 Å². The number of aromatic amines is 1. The maximum absolute atomic E-state index is 12.0. The van der Waals surface area contributed by atoms with E-state index in [0.29, 0.717) is 38.5 Å². The number of hydrogen-bond donors (Lipinski definition) is 1. The van der Waals surface area contributed by atoms with E-state index in [2.05, 4.69) is 20.6 Å². The van der Waals surface area contributed by atoms with Gasteiger partial charge in [-0.3, -0.25) is 9.59 Å². The summed E-state index contributed by atoms with van der Waals surface area (Å²) in [4.78, 5) is 27.3. The summed E-state index contributed by atoms with van der Waals surface area (Å²) in [6.45, 7) is 6.19. The predicted octanol–water partition coefficient (Wildman–Crippen LogP) is -0.470. The molecule has 1 aromatic heterocycles. The van der Waals surface area contributed by atoms with Crippen molar-refractivity contribution >= 4 is 11.8 Å². The van der Waals surface area contributed by atoms with Crippen molar-refractivity contribution in [2.24, 2.45) is 5.92 Å². The van der Waals surface area contributed by atoms with E-state index in [1.807, 2.05) is 13.8 Å². The number of tetrazole rings is 1. The SMILES string of the molecule is CC(C)CC(=O)N1CCN(C(=O)c2nn[nH]n2)CC1. The van der Waals surface area contributed by atoms with Crippen molar-refractivity contribution < 1.29 is 9.59 Å². The van der Waals surface area contributed by atoms with Gasteiger partial charge in [0.05, 0.1) is 0 Å². The van der Waals surface area contributed by atoms with Gasteiger partial charge in [0.2, 0.25) is 5.91 Å². The van der Waals surface area contributed by atoms with Gasteiger partial charge in [0.1, 0.15) is 0 Å². The van der Waals surface area contributed by atoms with E-state index in [-0.39, 0.29) is 17.6 Å². The molecule has 8 nitrogen and oxygen atoms in total. The zero-order valence-corrected chi connectivity index (χ0v) is 11.2. The highest BCUT2D eigenvalue weighted by Crippen LogP contribution is 2.09. The van der Waals surface area contributed by atoms with Crippen LogP contribution in [0.5, 0.6) is 0 Å². The van der Waals surface area contributed by atoms with Gasteiger partial charge in [0.25, 0.3) is 11.7 Å². The summed E-state index contributed by atoms with van der Waals surface area (Å²) in [6.07, 6.45) is 0.554. The first-order chi connectivity index (χ1) is 9.08. The topological polar surface area (TPSA) is 95.1 Å². The molecule has 1 aromatic rings. The zero-order valence-electron chi connectivity index (χ0n) is 11.2. The minimum atomic E-state index is -0.246. The van der Waals surface area contributed by atoms with Crippen LogP contribution in [0.1, 0.15) is 30.9 Å². The number of nitrogens with zero attached hydrogens (tertiary/aromatic N) is 5. The lowest BCUT2D eigenvalue weighted by atomic mass is 10.1. The van der Waals surface area contributed by atoms with Crippen LogP contribution in [-0.4, -0.2) is 68.4 Å². The van der Waals surface area contributed by atoms with E-state index >= 15 is 0 Å². The van der Waals surface area contributed by atoms with Crippen LogP contribution in [0.3, 0.4) is 0 Å². The molecule has 104 valence electrons. The Hall–Kier alpha value is -1.99. The molecule has 8 heteroatoms. The Labute approximate surface area is 111 Å². The molecule has 1 aliphatic rings. The molecule has 0 unspecified atom stereocenters. The highest BCUT2D eigenvalue weighted by molar-refractivity contribution is 5.90. The number of aromatic nitrogens is 4. The van der Waals surface area contributed by atoms with E-state index < -0.39 is 0 Å². The second-order valence-electron chi connectivity index (χ2n) is 5.01. The molecule has 2 rings (SSSR count). The van der Waals surface area contributed by atoms with Crippen molar-refractivity contribution in [2.75, 3.05) is 26.2 Å². The number of carbonyl (C=O) groups excluding carboxylic acids is 2. The summed E-state index contributed by atoms with van der Waals surface area (Å²) in [6, 6.07) is 0. The maximum atomic E-state index is 12.0. The van der Waals surface area contributed by atoms with Crippen LogP contribution in [0.15, 0.2) is 0 Å². The lowest BCUT2D eigenvalue weighted by molar-refractivity contribution is -0.133. The molecule has 1 N–H and O–H groups in total. The molecule has 2 heterocycles. The Morgan fingerprint density at radius 2 is 1.84 bits per heavy atom. The standard InChI is InChI=1S/C11H18N6O2/c1-8(2)7-9(18)16-3-5-17(6-4-16)11(19)10-12-14-15-13-10/h8H,3-7H2,1-2H3,(H,12,13,14,15). The van der Waals surface area contributed by atoms with Gasteiger partial charge in [-0.05, 0) is 11.1 Å². The fourth-order valence-electron chi connectivity index (χ4n) is 2.03. The normalized spacial score (nSPS) is 15.9. The van der Waals surface area contributed by atoms with Crippen molar-refractivity contribution in [3.05, 3.63) is 5.82 Å². The first-order valence-electron chi connectivity index (χ1n) is 6.38. The number of amides is 2. The molecule has 0 saturated carbocycles. The van der Waals surface area contributed by atoms with Gasteiger partial charge in [-0.25, -0.2) is 0 Å². The lowest BCUT2D eigenvalue weighted by Gasteiger charge is -2.34. The Balaban J connectivity index is 1.86. The molecule has 1 aliphatic heterocycles. The van der Waals surface area contributed by atoms with Crippen LogP contribution in [0.2, 0.25) is 0 Å². The molecule has 2 amide bonds. The number of rotatable bonds is 3. The average molecular weight is 266 g/mol. The van der Waals surface area contributed by atoms with Crippen molar-refractivity contribution in [3.63, 3.8) is 0 Å². The van der Waals surface area contributed by atoms with Crippen LogP contribution >= 0.6 is 0 Å². The Bertz CT molecular complexity index is 436. The number of hydrogen-bond acceptors (Lipinski definition) is 5. The largest absolute Gasteiger partial charge is 0.339 e. The molecule has 1 fully saturated rings. The summed E-state index contributed by atoms with van der Waals surface area (Å²) < 4.78 is 0. The molecule has 0 aromatic carbocycles. The highest BCUT2D eigenvalue weighted by Gasteiger charge is 2.26. The van der Waals surface area contributed by atoms with Crippen LogP contribution in [0, 0.1) is 5.92 Å². The Kier molecular flexibility index (Phi) is 4.08. The monoisotopic (exact) mass is 266 g/mol. The quantitative estimate of drug-likeness (QED) is 0.798. The van der Waals surface area contributed by atoms with Crippen LogP contribution in [0.4, 0.5) is 0 Å². The highest BCUT2D eigenvalue weighted by atomic mass is 16.2. The van der Waals surface area contributed by atoms with Gasteiger partial charge in [0.15, 0.2) is 0 Å². The molecule has 19 heavy (non-hydrogen) atoms. The van der Waals surface area contributed by atoms with Crippen LogP contribution in [0.25, 0.3) is 0 Å². The molecule has 1 saturated heterocycles. The molecular formula is C11H18N6O2. The van der Waals surface area contributed by atoms with Gasteiger partial charge in [0, 0.05) is 32.6 Å². The third kappa shape index (κ3) is 3.27. The first-order valence-corrected chi connectivity index (χ1v) is 6.38. The van der Waals surface area contributed by atoms with Crippen LogP contribution < -0.4 is 0 Å². The summed E-state index contributed by atoms with van der Waals surface area (Å²) >= 11 is 0. The van der Waals surface area contributed by atoms with Gasteiger partial charge >= 0.3 is 0 Å². The van der Waals surface area contributed by atoms with Gasteiger partial charge in [-0.1, -0.05) is 13.8 Å². The number of nitrogens with one attached hydrogen (secondary N) is 1. The molecular weight excluding hydrogens is 248 g/mol. The predicted molar refractivity (Wildman–Crippen MR) is 66.1 cm³/mol. The summed E-state index contributed by atoms with van der Waals surface area (Å²) in [7, 11) is 0. The third-order valence-electron chi connectivity index (χ3n) is 3.04. The Morgan fingerprint density at radius 3 is 2.37 bits per heavy atom. The summed E-state index contributed by atoms with van der Waals surface area (Å²) in [5, 5.41) is 13.0. The zero-order chi connectivity index (χ0) is 13.8. The second-order valence-corrected chi connectivity index (χ2v) is 5.01. The summed E-state index contributed by atoms with van der Waals surface area (Å²) in [5.74, 6) is 0.333. The average Bonchev–Trinajstić information content (AvgIpc) is 2.91. The molecule has 0 aliphatic carbocycles. The van der Waals surface area contributed by atoms with E-state index in [4.69, 9.17) is 0 Å². The van der Waals surface area contributed by atoms with E-state index in [9.17, 15) is 9.59 Å². The van der Waals surface area contributed by atoms with E-state index in [1.165, 1.54) is 0 Å². The fourth-order valence-corrected chi connectivity index (χ4v) is 2.03. The van der Waals surface area contributed by atoms with Crippen LogP contribution in [-0.2, 0) is 4.79 Å². The first kappa shape index (κ1) is 13.4. The number of carbonyl (C=O) groups is 2. The Morgan fingerprint density at radius 1 is 1.21 bits per heavy atom. The van der Waals surface area contributed by atoms with Gasteiger partial charge < -0.3 is 9.80 Å². The second kappa shape index (κ2) is 5.77. The maximum Gasteiger partial charge on any atom is 0.295 e. The molecule has 0 bridgehead atoms. The van der Waals surface area contributed by atoms with E-state index in [0.717, 1.165) is 0 Å². The molecule has 0 radical (unpaired) electrons. The smallest absolute Gasteiger partial charge is 0.295 e. The third-order valence-corrected chi connectivity index (χ3v) is 3.04. The van der Waals surface area contributed by atoms with Crippen molar-refractivity contribution in [3.8, 4) is 0 Å².